The number of nitrogens with zero attached hydrogens (tertiary/aromatic N) is 2. The summed E-state index contributed by atoms with van der Waals surface area (Å²) >= 11 is 0. The third kappa shape index (κ3) is 1.82. The molecule has 3 rings (SSSR count). The fourth-order valence-electron chi connectivity index (χ4n) is 1.94. The van der Waals surface area contributed by atoms with E-state index in [1.54, 1.807) is 6.20 Å². The molecule has 1 fully saturated rings. The quantitative estimate of drug-likeness (QED) is 0.852. The Bertz CT molecular complexity index is 529. The van der Waals surface area contributed by atoms with Gasteiger partial charge in [-0.3, -0.25) is 9.89 Å². The molecule has 2 heterocycles. The van der Waals surface area contributed by atoms with Crippen molar-refractivity contribution in [2.75, 3.05) is 13.1 Å². The van der Waals surface area contributed by atoms with Gasteiger partial charge in [0.1, 0.15) is 0 Å². The predicted octanol–water partition coefficient (Wildman–Crippen LogP) is 1.92. The van der Waals surface area contributed by atoms with Crippen molar-refractivity contribution in [3.05, 3.63) is 42.1 Å². The Morgan fingerprint density at radius 1 is 1.29 bits per heavy atom. The number of amides is 1. The van der Waals surface area contributed by atoms with Gasteiger partial charge in [-0.05, 0) is 24.6 Å². The summed E-state index contributed by atoms with van der Waals surface area (Å²) in [7, 11) is 0. The van der Waals surface area contributed by atoms with Crippen molar-refractivity contribution in [3.8, 4) is 11.3 Å². The maximum atomic E-state index is 12.0. The van der Waals surface area contributed by atoms with Gasteiger partial charge in [0.2, 0.25) is 0 Å². The second-order valence-electron chi connectivity index (χ2n) is 4.20. The van der Waals surface area contributed by atoms with Crippen LogP contribution < -0.4 is 0 Å². The normalized spacial score (nSPS) is 14.5. The molecular weight excluding hydrogens is 214 g/mol. The maximum Gasteiger partial charge on any atom is 0.253 e. The van der Waals surface area contributed by atoms with Crippen LogP contribution in [0.5, 0.6) is 0 Å². The highest BCUT2D eigenvalue weighted by atomic mass is 16.2. The van der Waals surface area contributed by atoms with E-state index in [2.05, 4.69) is 10.2 Å². The summed E-state index contributed by atoms with van der Waals surface area (Å²) in [4.78, 5) is 13.9. The average molecular weight is 227 g/mol. The molecular formula is C13H13N3O. The molecule has 1 aliphatic heterocycles. The van der Waals surface area contributed by atoms with E-state index < -0.39 is 0 Å². The first-order valence-electron chi connectivity index (χ1n) is 5.74. The van der Waals surface area contributed by atoms with Crippen LogP contribution in [0.2, 0.25) is 0 Å². The highest BCUT2D eigenvalue weighted by molar-refractivity contribution is 5.95. The number of benzene rings is 1. The number of H-pyrrole nitrogens is 1. The molecule has 0 bridgehead atoms. The molecule has 1 aromatic carbocycles. The Hall–Kier alpha value is -2.10. The van der Waals surface area contributed by atoms with Gasteiger partial charge < -0.3 is 4.90 Å². The lowest BCUT2D eigenvalue weighted by atomic mass is 10.1. The minimum atomic E-state index is 0.123. The SMILES string of the molecule is O=C(c1cccc(-c2ccn[nH]2)c1)N1CCC1. The van der Waals surface area contributed by atoms with Crippen LogP contribution in [0, 0.1) is 0 Å². The summed E-state index contributed by atoms with van der Waals surface area (Å²) in [5.74, 6) is 0.123. The lowest BCUT2D eigenvalue weighted by molar-refractivity contribution is 0.0652. The van der Waals surface area contributed by atoms with E-state index in [0.29, 0.717) is 0 Å². The largest absolute Gasteiger partial charge is 0.339 e. The molecule has 1 aromatic heterocycles. The molecule has 86 valence electrons. The topological polar surface area (TPSA) is 49.0 Å². The van der Waals surface area contributed by atoms with Crippen molar-refractivity contribution >= 4 is 5.91 Å². The lowest BCUT2D eigenvalue weighted by Crippen LogP contribution is -2.41. The van der Waals surface area contributed by atoms with Crippen molar-refractivity contribution in [2.24, 2.45) is 0 Å². The summed E-state index contributed by atoms with van der Waals surface area (Å²) in [5.41, 5.74) is 2.67. The number of rotatable bonds is 2. The second kappa shape index (κ2) is 4.05. The highest BCUT2D eigenvalue weighted by Gasteiger charge is 2.21. The third-order valence-electron chi connectivity index (χ3n) is 3.06. The summed E-state index contributed by atoms with van der Waals surface area (Å²) in [6.07, 6.45) is 2.82. The molecule has 1 saturated heterocycles. The van der Waals surface area contributed by atoms with Crippen LogP contribution in [0.3, 0.4) is 0 Å². The van der Waals surface area contributed by atoms with Gasteiger partial charge in [0, 0.05) is 30.4 Å². The zero-order valence-corrected chi connectivity index (χ0v) is 9.39. The van der Waals surface area contributed by atoms with E-state index in [9.17, 15) is 4.79 Å². The van der Waals surface area contributed by atoms with Crippen molar-refractivity contribution in [1.82, 2.24) is 15.1 Å². The first-order valence-corrected chi connectivity index (χ1v) is 5.74. The van der Waals surface area contributed by atoms with Gasteiger partial charge in [0.15, 0.2) is 0 Å². The van der Waals surface area contributed by atoms with E-state index in [-0.39, 0.29) is 5.91 Å². The van der Waals surface area contributed by atoms with Gasteiger partial charge in [-0.25, -0.2) is 0 Å². The number of aromatic amines is 1. The van der Waals surface area contributed by atoms with Crippen LogP contribution >= 0.6 is 0 Å². The van der Waals surface area contributed by atoms with Crippen LogP contribution in [-0.2, 0) is 0 Å². The number of hydrogen-bond donors (Lipinski definition) is 1. The minimum Gasteiger partial charge on any atom is -0.339 e. The molecule has 0 saturated carbocycles. The number of nitrogens with one attached hydrogen (secondary N) is 1. The molecule has 0 unspecified atom stereocenters. The maximum absolute atomic E-state index is 12.0. The van der Waals surface area contributed by atoms with Crippen LogP contribution in [0.4, 0.5) is 0 Å². The fraction of sp³-hybridized carbons (Fsp3) is 0.231. The van der Waals surface area contributed by atoms with Gasteiger partial charge in [-0.15, -0.1) is 0 Å². The average Bonchev–Trinajstić information content (AvgIpc) is 2.80. The number of aromatic nitrogens is 2. The van der Waals surface area contributed by atoms with Gasteiger partial charge in [-0.1, -0.05) is 12.1 Å². The Balaban J connectivity index is 1.91. The van der Waals surface area contributed by atoms with Crippen molar-refractivity contribution in [3.63, 3.8) is 0 Å². The Labute approximate surface area is 99.3 Å². The number of carbonyl (C=O) groups excluding carboxylic acids is 1. The van der Waals surface area contributed by atoms with E-state index in [0.717, 1.165) is 36.3 Å². The van der Waals surface area contributed by atoms with E-state index >= 15 is 0 Å². The first kappa shape index (κ1) is 10.1. The fourth-order valence-corrected chi connectivity index (χ4v) is 1.94. The van der Waals surface area contributed by atoms with Gasteiger partial charge in [0.25, 0.3) is 5.91 Å². The van der Waals surface area contributed by atoms with Crippen molar-refractivity contribution < 1.29 is 4.79 Å². The monoisotopic (exact) mass is 227 g/mol. The number of carbonyl (C=O) groups is 1. The highest BCUT2D eigenvalue weighted by Crippen LogP contribution is 2.19. The lowest BCUT2D eigenvalue weighted by Gasteiger charge is -2.31. The number of likely N-dealkylation sites (tertiary alicyclic amines) is 1. The molecule has 17 heavy (non-hydrogen) atoms. The van der Waals surface area contributed by atoms with Crippen LogP contribution in [0.15, 0.2) is 36.5 Å². The Morgan fingerprint density at radius 2 is 2.18 bits per heavy atom. The molecule has 4 heteroatoms. The molecule has 1 amide bonds. The molecule has 1 aliphatic rings. The van der Waals surface area contributed by atoms with Crippen LogP contribution in [-0.4, -0.2) is 34.1 Å². The van der Waals surface area contributed by atoms with Crippen LogP contribution in [0.25, 0.3) is 11.3 Å². The second-order valence-corrected chi connectivity index (χ2v) is 4.20. The molecule has 1 N–H and O–H groups in total. The molecule has 0 atom stereocenters. The molecule has 4 nitrogen and oxygen atoms in total. The Morgan fingerprint density at radius 3 is 2.82 bits per heavy atom. The minimum absolute atomic E-state index is 0.123. The molecule has 2 aromatic rings. The zero-order valence-electron chi connectivity index (χ0n) is 9.39. The molecule has 0 radical (unpaired) electrons. The first-order chi connectivity index (χ1) is 8.34. The summed E-state index contributed by atoms with van der Waals surface area (Å²) in [5, 5.41) is 6.82. The summed E-state index contributed by atoms with van der Waals surface area (Å²) in [6, 6.07) is 9.55. The van der Waals surface area contributed by atoms with Gasteiger partial charge in [-0.2, -0.15) is 5.10 Å². The molecule has 0 spiro atoms. The van der Waals surface area contributed by atoms with E-state index in [1.165, 1.54) is 0 Å². The Kier molecular flexibility index (Phi) is 2.40. The summed E-state index contributed by atoms with van der Waals surface area (Å²) < 4.78 is 0. The summed E-state index contributed by atoms with van der Waals surface area (Å²) in [6.45, 7) is 1.76. The zero-order chi connectivity index (χ0) is 11.7. The molecule has 0 aliphatic carbocycles. The van der Waals surface area contributed by atoms with Crippen molar-refractivity contribution in [2.45, 2.75) is 6.42 Å². The standard InChI is InChI=1S/C13H13N3O/c17-13(16-7-2-8-16)11-4-1-3-10(9-11)12-5-6-14-15-12/h1,3-6,9H,2,7-8H2,(H,14,15). The van der Waals surface area contributed by atoms with E-state index in [4.69, 9.17) is 0 Å². The van der Waals surface area contributed by atoms with Crippen LogP contribution in [0.1, 0.15) is 16.8 Å². The van der Waals surface area contributed by atoms with Gasteiger partial charge in [0.05, 0.1) is 5.69 Å². The van der Waals surface area contributed by atoms with Gasteiger partial charge >= 0.3 is 0 Å². The smallest absolute Gasteiger partial charge is 0.253 e. The van der Waals surface area contributed by atoms with Crippen molar-refractivity contribution in [1.29, 1.82) is 0 Å². The number of hydrogen-bond acceptors (Lipinski definition) is 2. The predicted molar refractivity (Wildman–Crippen MR) is 64.5 cm³/mol. The third-order valence-corrected chi connectivity index (χ3v) is 3.06. The van der Waals surface area contributed by atoms with E-state index in [1.807, 2.05) is 35.2 Å².